The zero-order valence-corrected chi connectivity index (χ0v) is 10.3. The molecular weight excluding hydrogens is 228 g/mol. The van der Waals surface area contributed by atoms with E-state index in [4.69, 9.17) is 10.2 Å². The summed E-state index contributed by atoms with van der Waals surface area (Å²) in [7, 11) is 1.76. The number of carbonyl (C=O) groups excluding carboxylic acids is 1. The Hall–Kier alpha value is -2.23. The predicted molar refractivity (Wildman–Crippen MR) is 71.3 cm³/mol. The Morgan fingerprint density at radius 3 is 2.61 bits per heavy atom. The van der Waals surface area contributed by atoms with Crippen molar-refractivity contribution in [1.29, 1.82) is 0 Å². The van der Waals surface area contributed by atoms with Crippen molar-refractivity contribution in [3.63, 3.8) is 0 Å². The van der Waals surface area contributed by atoms with E-state index in [1.165, 1.54) is 0 Å². The van der Waals surface area contributed by atoms with Crippen LogP contribution in [-0.4, -0.2) is 13.0 Å². The zero-order valence-electron chi connectivity index (χ0n) is 10.3. The first-order valence-electron chi connectivity index (χ1n) is 5.81. The standard InChI is InChI=1S/C14H16N2O2/c1-16(12-6-4-11(15)5-7-12)14(17)9-8-13-3-2-10-18-13/h2-7,10H,8-9,15H2,1H3. The molecule has 4 nitrogen and oxygen atoms in total. The fraction of sp³-hybridized carbons (Fsp3) is 0.214. The van der Waals surface area contributed by atoms with E-state index in [9.17, 15) is 4.79 Å². The third-order valence-electron chi connectivity index (χ3n) is 2.82. The van der Waals surface area contributed by atoms with Gasteiger partial charge in [0.25, 0.3) is 0 Å². The van der Waals surface area contributed by atoms with Gasteiger partial charge in [-0.15, -0.1) is 0 Å². The Morgan fingerprint density at radius 2 is 2.00 bits per heavy atom. The molecule has 0 atom stereocenters. The molecule has 0 saturated carbocycles. The molecule has 0 spiro atoms. The molecule has 2 aromatic rings. The van der Waals surface area contributed by atoms with Crippen LogP contribution in [0.5, 0.6) is 0 Å². The molecule has 1 aromatic heterocycles. The highest BCUT2D eigenvalue weighted by Crippen LogP contribution is 2.16. The minimum atomic E-state index is 0.0520. The molecule has 0 aliphatic carbocycles. The summed E-state index contributed by atoms with van der Waals surface area (Å²) >= 11 is 0. The molecule has 1 aromatic carbocycles. The molecule has 0 radical (unpaired) electrons. The highest BCUT2D eigenvalue weighted by Gasteiger charge is 2.11. The maximum absolute atomic E-state index is 12.0. The maximum atomic E-state index is 12.0. The summed E-state index contributed by atoms with van der Waals surface area (Å²) in [6.07, 6.45) is 2.66. The summed E-state index contributed by atoms with van der Waals surface area (Å²) in [5.41, 5.74) is 7.14. The fourth-order valence-corrected chi connectivity index (χ4v) is 1.69. The van der Waals surface area contributed by atoms with Gasteiger partial charge >= 0.3 is 0 Å². The molecule has 0 bridgehead atoms. The van der Waals surface area contributed by atoms with Gasteiger partial charge in [-0.1, -0.05) is 0 Å². The van der Waals surface area contributed by atoms with Crippen molar-refractivity contribution >= 4 is 17.3 Å². The summed E-state index contributed by atoms with van der Waals surface area (Å²) in [5.74, 6) is 0.880. The topological polar surface area (TPSA) is 59.5 Å². The molecule has 0 saturated heterocycles. The van der Waals surface area contributed by atoms with E-state index < -0.39 is 0 Å². The van der Waals surface area contributed by atoms with Gasteiger partial charge in [0.05, 0.1) is 6.26 Å². The second kappa shape index (κ2) is 5.40. The number of nitrogen functional groups attached to an aromatic ring is 1. The number of anilines is 2. The SMILES string of the molecule is CN(C(=O)CCc1ccco1)c1ccc(N)cc1. The average Bonchev–Trinajstić information content (AvgIpc) is 2.89. The van der Waals surface area contributed by atoms with Gasteiger partial charge in [-0.2, -0.15) is 0 Å². The van der Waals surface area contributed by atoms with Crippen LogP contribution in [0.1, 0.15) is 12.2 Å². The van der Waals surface area contributed by atoms with Crippen LogP contribution >= 0.6 is 0 Å². The minimum Gasteiger partial charge on any atom is -0.469 e. The van der Waals surface area contributed by atoms with Gasteiger partial charge in [0.15, 0.2) is 0 Å². The molecule has 2 rings (SSSR count). The summed E-state index contributed by atoms with van der Waals surface area (Å²) in [6, 6.07) is 10.9. The highest BCUT2D eigenvalue weighted by molar-refractivity contribution is 5.93. The zero-order chi connectivity index (χ0) is 13.0. The van der Waals surface area contributed by atoms with Crippen LogP contribution in [-0.2, 0) is 11.2 Å². The molecule has 94 valence electrons. The molecule has 0 unspecified atom stereocenters. The van der Waals surface area contributed by atoms with E-state index in [0.29, 0.717) is 18.5 Å². The number of nitrogens with zero attached hydrogens (tertiary/aromatic N) is 1. The van der Waals surface area contributed by atoms with Crippen LogP contribution in [0.3, 0.4) is 0 Å². The van der Waals surface area contributed by atoms with Crippen LogP contribution in [0.15, 0.2) is 47.1 Å². The Bertz CT molecular complexity index is 503. The minimum absolute atomic E-state index is 0.0520. The Kier molecular flexibility index (Phi) is 3.67. The molecule has 2 N–H and O–H groups in total. The normalized spacial score (nSPS) is 10.3. The van der Waals surface area contributed by atoms with E-state index in [-0.39, 0.29) is 5.91 Å². The van der Waals surface area contributed by atoms with Crippen molar-refractivity contribution in [2.24, 2.45) is 0 Å². The first-order chi connectivity index (χ1) is 8.66. The summed E-state index contributed by atoms with van der Waals surface area (Å²) in [5, 5.41) is 0. The number of hydrogen-bond acceptors (Lipinski definition) is 3. The number of aryl methyl sites for hydroxylation is 1. The quantitative estimate of drug-likeness (QED) is 0.840. The summed E-state index contributed by atoms with van der Waals surface area (Å²) in [4.78, 5) is 13.6. The van der Waals surface area contributed by atoms with Crippen LogP contribution in [0.25, 0.3) is 0 Å². The number of furan rings is 1. The Balaban J connectivity index is 1.94. The third-order valence-corrected chi connectivity index (χ3v) is 2.82. The van der Waals surface area contributed by atoms with E-state index in [1.54, 1.807) is 30.3 Å². The van der Waals surface area contributed by atoms with Crippen molar-refractivity contribution in [2.75, 3.05) is 17.7 Å². The monoisotopic (exact) mass is 244 g/mol. The van der Waals surface area contributed by atoms with Gasteiger partial charge in [-0.05, 0) is 36.4 Å². The molecule has 1 amide bonds. The number of rotatable bonds is 4. The number of carbonyl (C=O) groups is 1. The lowest BCUT2D eigenvalue weighted by Crippen LogP contribution is -2.26. The lowest BCUT2D eigenvalue weighted by Gasteiger charge is -2.17. The molecule has 18 heavy (non-hydrogen) atoms. The largest absolute Gasteiger partial charge is 0.469 e. The number of amides is 1. The van der Waals surface area contributed by atoms with Gasteiger partial charge < -0.3 is 15.1 Å². The second-order valence-corrected chi connectivity index (χ2v) is 4.12. The van der Waals surface area contributed by atoms with Crippen LogP contribution in [0, 0.1) is 0 Å². The third kappa shape index (κ3) is 2.91. The second-order valence-electron chi connectivity index (χ2n) is 4.12. The molecule has 0 fully saturated rings. The summed E-state index contributed by atoms with van der Waals surface area (Å²) < 4.78 is 5.20. The van der Waals surface area contributed by atoms with E-state index in [2.05, 4.69) is 0 Å². The first-order valence-corrected chi connectivity index (χ1v) is 5.81. The predicted octanol–water partition coefficient (Wildman–Crippen LogP) is 2.46. The van der Waals surface area contributed by atoms with Gasteiger partial charge in [0, 0.05) is 31.3 Å². The van der Waals surface area contributed by atoms with Crippen molar-refractivity contribution in [3.05, 3.63) is 48.4 Å². The van der Waals surface area contributed by atoms with Crippen molar-refractivity contribution in [3.8, 4) is 0 Å². The fourth-order valence-electron chi connectivity index (χ4n) is 1.69. The molecule has 0 aliphatic heterocycles. The van der Waals surface area contributed by atoms with Crippen LogP contribution in [0.2, 0.25) is 0 Å². The number of hydrogen-bond donors (Lipinski definition) is 1. The Labute approximate surface area is 106 Å². The highest BCUT2D eigenvalue weighted by atomic mass is 16.3. The Morgan fingerprint density at radius 1 is 1.28 bits per heavy atom. The van der Waals surface area contributed by atoms with E-state index >= 15 is 0 Å². The maximum Gasteiger partial charge on any atom is 0.227 e. The van der Waals surface area contributed by atoms with E-state index in [1.807, 2.05) is 24.3 Å². The van der Waals surface area contributed by atoms with Crippen molar-refractivity contribution in [2.45, 2.75) is 12.8 Å². The van der Waals surface area contributed by atoms with Crippen molar-refractivity contribution in [1.82, 2.24) is 0 Å². The van der Waals surface area contributed by atoms with E-state index in [0.717, 1.165) is 11.4 Å². The lowest BCUT2D eigenvalue weighted by molar-refractivity contribution is -0.118. The van der Waals surface area contributed by atoms with Gasteiger partial charge in [-0.25, -0.2) is 0 Å². The number of nitrogens with two attached hydrogens (primary N) is 1. The van der Waals surface area contributed by atoms with Gasteiger partial charge in [-0.3, -0.25) is 4.79 Å². The van der Waals surface area contributed by atoms with Crippen LogP contribution in [0.4, 0.5) is 11.4 Å². The lowest BCUT2D eigenvalue weighted by atomic mass is 10.2. The smallest absolute Gasteiger partial charge is 0.227 e. The first kappa shape index (κ1) is 12.2. The number of benzene rings is 1. The van der Waals surface area contributed by atoms with Crippen molar-refractivity contribution < 1.29 is 9.21 Å². The molecule has 4 heteroatoms. The van der Waals surface area contributed by atoms with Gasteiger partial charge in [0.1, 0.15) is 5.76 Å². The average molecular weight is 244 g/mol. The van der Waals surface area contributed by atoms with Gasteiger partial charge in [0.2, 0.25) is 5.91 Å². The molecular formula is C14H16N2O2. The summed E-state index contributed by atoms with van der Waals surface area (Å²) in [6.45, 7) is 0. The molecule has 1 heterocycles. The van der Waals surface area contributed by atoms with Crippen LogP contribution < -0.4 is 10.6 Å². The molecule has 0 aliphatic rings.